The number of aromatic amines is 2. The maximum absolute atomic E-state index is 12.4. The quantitative estimate of drug-likeness (QED) is 0.597. The van der Waals surface area contributed by atoms with Gasteiger partial charge in [-0.05, 0) is 24.8 Å². The highest BCUT2D eigenvalue weighted by Gasteiger charge is 2.29. The fraction of sp³-hybridized carbons (Fsp3) is 0.533. The molecular formula is C15H24N6O. The van der Waals surface area contributed by atoms with Crippen LogP contribution < -0.4 is 22.5 Å². The Balaban J connectivity index is 2.15. The molecule has 2 aromatic rings. The Hall–Kier alpha value is -2.31. The summed E-state index contributed by atoms with van der Waals surface area (Å²) < 4.78 is 1.80. The molecule has 0 radical (unpaired) electrons. The summed E-state index contributed by atoms with van der Waals surface area (Å²) in [5.74, 6) is 2.12. The number of hydrogen-bond donors (Lipinski definition) is 5. The van der Waals surface area contributed by atoms with Gasteiger partial charge < -0.3 is 21.8 Å². The Bertz CT molecular complexity index is 725. The summed E-state index contributed by atoms with van der Waals surface area (Å²) in [6.07, 6.45) is 4.48. The van der Waals surface area contributed by atoms with E-state index in [0.29, 0.717) is 23.2 Å². The normalized spacial score (nSPS) is 21.9. The molecule has 2 aromatic heterocycles. The monoisotopic (exact) mass is 304 g/mol. The van der Waals surface area contributed by atoms with Crippen LogP contribution in [0.15, 0.2) is 10.9 Å². The van der Waals surface area contributed by atoms with Gasteiger partial charge in [-0.2, -0.15) is 0 Å². The molecule has 0 amide bonds. The van der Waals surface area contributed by atoms with E-state index in [1.807, 2.05) is 13.1 Å². The van der Waals surface area contributed by atoms with Gasteiger partial charge in [-0.1, -0.05) is 19.8 Å². The molecule has 2 unspecified atom stereocenters. The first kappa shape index (κ1) is 14.6. The highest BCUT2D eigenvalue weighted by molar-refractivity contribution is 5.82. The molecule has 0 aromatic carbocycles. The molecule has 1 aliphatic rings. The van der Waals surface area contributed by atoms with Crippen molar-refractivity contribution in [1.29, 1.82) is 0 Å². The number of anilines is 3. The van der Waals surface area contributed by atoms with Crippen molar-refractivity contribution < 1.29 is 0 Å². The number of nitrogens with one attached hydrogen (secondary N) is 3. The Morgan fingerprint density at radius 1 is 1.23 bits per heavy atom. The number of aromatic nitrogens is 3. The van der Waals surface area contributed by atoms with Crippen molar-refractivity contribution in [3.8, 4) is 11.3 Å². The minimum atomic E-state index is -0.155. The van der Waals surface area contributed by atoms with Gasteiger partial charge in [-0.3, -0.25) is 9.55 Å². The van der Waals surface area contributed by atoms with Crippen LogP contribution in [0.2, 0.25) is 0 Å². The maximum atomic E-state index is 12.4. The smallest absolute Gasteiger partial charge is 0.327 e. The Labute approximate surface area is 129 Å². The standard InChI is InChI=1S/C15H24N6O/c1-8-5-3-4-6-10(8)21-12(14(17)20-15(21)22)9-7-11(18-2)19-13(9)16/h7-8,10,18-19H,3-6,16-17H2,1-2H3,(H,20,22). The summed E-state index contributed by atoms with van der Waals surface area (Å²) in [5, 5.41) is 3.02. The van der Waals surface area contributed by atoms with Crippen LogP contribution in [0.25, 0.3) is 11.3 Å². The summed E-state index contributed by atoms with van der Waals surface area (Å²) in [4.78, 5) is 18.2. The van der Waals surface area contributed by atoms with Crippen LogP contribution in [0.4, 0.5) is 17.5 Å². The zero-order valence-corrected chi connectivity index (χ0v) is 13.1. The van der Waals surface area contributed by atoms with E-state index in [2.05, 4.69) is 22.2 Å². The largest absolute Gasteiger partial charge is 0.385 e. The van der Waals surface area contributed by atoms with E-state index in [1.165, 1.54) is 6.42 Å². The van der Waals surface area contributed by atoms with Gasteiger partial charge in [0.05, 0.1) is 5.69 Å². The second-order valence-corrected chi connectivity index (χ2v) is 6.15. The van der Waals surface area contributed by atoms with Crippen LogP contribution in [0.5, 0.6) is 0 Å². The topological polar surface area (TPSA) is 118 Å². The lowest BCUT2D eigenvalue weighted by Crippen LogP contribution is -2.29. The third kappa shape index (κ3) is 2.26. The molecule has 0 spiro atoms. The molecule has 3 rings (SSSR count). The van der Waals surface area contributed by atoms with Crippen LogP contribution in [0.3, 0.4) is 0 Å². The molecule has 22 heavy (non-hydrogen) atoms. The highest BCUT2D eigenvalue weighted by Crippen LogP contribution is 2.39. The summed E-state index contributed by atoms with van der Waals surface area (Å²) >= 11 is 0. The lowest BCUT2D eigenvalue weighted by Gasteiger charge is -2.30. The molecule has 7 heteroatoms. The zero-order valence-electron chi connectivity index (χ0n) is 13.1. The van der Waals surface area contributed by atoms with E-state index in [0.717, 1.165) is 30.6 Å². The van der Waals surface area contributed by atoms with Gasteiger partial charge in [-0.15, -0.1) is 0 Å². The third-order valence-corrected chi connectivity index (χ3v) is 4.73. The molecule has 1 fully saturated rings. The first-order valence-corrected chi connectivity index (χ1v) is 7.79. The van der Waals surface area contributed by atoms with E-state index in [-0.39, 0.29) is 11.7 Å². The first-order valence-electron chi connectivity index (χ1n) is 7.79. The molecule has 0 aliphatic heterocycles. The Kier molecular flexibility index (Phi) is 3.64. The number of nitrogens with two attached hydrogens (primary N) is 2. The van der Waals surface area contributed by atoms with Gasteiger partial charge in [-0.25, -0.2) is 4.79 Å². The van der Waals surface area contributed by atoms with Gasteiger partial charge in [0.25, 0.3) is 0 Å². The van der Waals surface area contributed by atoms with Crippen LogP contribution >= 0.6 is 0 Å². The Morgan fingerprint density at radius 3 is 2.59 bits per heavy atom. The van der Waals surface area contributed by atoms with E-state index in [4.69, 9.17) is 11.5 Å². The molecule has 7 N–H and O–H groups in total. The number of H-pyrrole nitrogens is 2. The second kappa shape index (κ2) is 5.47. The van der Waals surface area contributed by atoms with E-state index >= 15 is 0 Å². The van der Waals surface area contributed by atoms with Gasteiger partial charge in [0, 0.05) is 18.7 Å². The van der Waals surface area contributed by atoms with Crippen molar-refractivity contribution in [2.24, 2.45) is 5.92 Å². The molecule has 0 saturated heterocycles. The van der Waals surface area contributed by atoms with Gasteiger partial charge in [0.2, 0.25) is 0 Å². The fourth-order valence-corrected chi connectivity index (χ4v) is 3.54. The predicted octanol–water partition coefficient (Wildman–Crippen LogP) is 2.13. The SMILES string of the molecule is CNc1cc(-c2c(N)[nH]c(=O)n2C2CCCCC2C)c(N)[nH]1. The van der Waals surface area contributed by atoms with Crippen LogP contribution in [-0.4, -0.2) is 21.6 Å². The molecule has 7 nitrogen and oxygen atoms in total. The summed E-state index contributed by atoms with van der Waals surface area (Å²) in [5.41, 5.74) is 13.5. The lowest BCUT2D eigenvalue weighted by atomic mass is 9.85. The second-order valence-electron chi connectivity index (χ2n) is 6.15. The van der Waals surface area contributed by atoms with Crippen LogP contribution in [0, 0.1) is 5.92 Å². The minimum Gasteiger partial charge on any atom is -0.385 e. The molecule has 2 atom stereocenters. The summed E-state index contributed by atoms with van der Waals surface area (Å²) in [6, 6.07) is 2.05. The van der Waals surface area contributed by atoms with E-state index in [1.54, 1.807) is 4.57 Å². The lowest BCUT2D eigenvalue weighted by molar-refractivity contribution is 0.254. The number of imidazole rings is 1. The van der Waals surface area contributed by atoms with Crippen LogP contribution in [-0.2, 0) is 0 Å². The molecule has 1 saturated carbocycles. The molecule has 2 heterocycles. The number of rotatable bonds is 3. The average molecular weight is 304 g/mol. The van der Waals surface area contributed by atoms with E-state index < -0.39 is 0 Å². The van der Waals surface area contributed by atoms with Crippen molar-refractivity contribution >= 4 is 17.5 Å². The highest BCUT2D eigenvalue weighted by atomic mass is 16.1. The third-order valence-electron chi connectivity index (χ3n) is 4.73. The molecule has 0 bridgehead atoms. The number of nitrogens with zero attached hydrogens (tertiary/aromatic N) is 1. The zero-order chi connectivity index (χ0) is 15.9. The van der Waals surface area contributed by atoms with Crippen molar-refractivity contribution in [2.45, 2.75) is 38.6 Å². The van der Waals surface area contributed by atoms with Crippen LogP contribution in [0.1, 0.15) is 38.6 Å². The minimum absolute atomic E-state index is 0.155. The maximum Gasteiger partial charge on any atom is 0.327 e. The van der Waals surface area contributed by atoms with Crippen molar-refractivity contribution in [3.63, 3.8) is 0 Å². The molecule has 120 valence electrons. The van der Waals surface area contributed by atoms with Crippen molar-refractivity contribution in [2.75, 3.05) is 23.8 Å². The Morgan fingerprint density at radius 2 is 1.95 bits per heavy atom. The fourth-order valence-electron chi connectivity index (χ4n) is 3.54. The van der Waals surface area contributed by atoms with Gasteiger partial charge in [0.1, 0.15) is 17.5 Å². The summed E-state index contributed by atoms with van der Waals surface area (Å²) in [7, 11) is 1.81. The van der Waals surface area contributed by atoms with Gasteiger partial charge in [0.15, 0.2) is 0 Å². The van der Waals surface area contributed by atoms with Crippen molar-refractivity contribution in [1.82, 2.24) is 14.5 Å². The molecular weight excluding hydrogens is 280 g/mol. The summed E-state index contributed by atoms with van der Waals surface area (Å²) in [6.45, 7) is 2.20. The average Bonchev–Trinajstić information content (AvgIpc) is 2.99. The van der Waals surface area contributed by atoms with Crippen molar-refractivity contribution in [3.05, 3.63) is 16.6 Å². The van der Waals surface area contributed by atoms with Gasteiger partial charge >= 0.3 is 5.69 Å². The molecule has 1 aliphatic carbocycles. The number of nitrogen functional groups attached to an aromatic ring is 2. The van der Waals surface area contributed by atoms with E-state index in [9.17, 15) is 4.79 Å². The first-order chi connectivity index (χ1) is 10.5. The predicted molar refractivity (Wildman–Crippen MR) is 89.9 cm³/mol. The number of hydrogen-bond acceptors (Lipinski definition) is 4.